The van der Waals surface area contributed by atoms with E-state index in [1.807, 2.05) is 30.3 Å². The molecule has 0 aliphatic heterocycles. The van der Waals surface area contributed by atoms with E-state index in [9.17, 15) is 24.6 Å². The summed E-state index contributed by atoms with van der Waals surface area (Å²) in [6.45, 7) is 5.02. The number of hydrogen-bond acceptors (Lipinski definition) is 6. The van der Waals surface area contributed by atoms with Crippen molar-refractivity contribution in [1.29, 1.82) is 0 Å². The third-order valence-corrected chi connectivity index (χ3v) is 5.74. The van der Waals surface area contributed by atoms with Crippen LogP contribution in [-0.2, 0) is 9.59 Å². The third kappa shape index (κ3) is 6.59. The van der Waals surface area contributed by atoms with E-state index < -0.39 is 29.7 Å². The average molecular weight is 491 g/mol. The highest BCUT2D eigenvalue weighted by molar-refractivity contribution is 6.05. The van der Waals surface area contributed by atoms with Gasteiger partial charge in [0.1, 0.15) is 0 Å². The van der Waals surface area contributed by atoms with E-state index >= 15 is 0 Å². The van der Waals surface area contributed by atoms with Crippen LogP contribution in [0.25, 0.3) is 6.08 Å². The molecule has 5 N–H and O–H groups in total. The van der Waals surface area contributed by atoms with Gasteiger partial charge in [0.25, 0.3) is 0 Å². The van der Waals surface area contributed by atoms with Crippen LogP contribution in [0.1, 0.15) is 53.4 Å². The molecule has 2 heterocycles. The quantitative estimate of drug-likeness (QED) is 0.218. The Kier molecular flexibility index (Phi) is 8.61. The van der Waals surface area contributed by atoms with Crippen LogP contribution in [0.4, 0.5) is 0 Å². The normalized spacial score (nSPS) is 12.9. The summed E-state index contributed by atoms with van der Waals surface area (Å²) in [7, 11) is 0. The highest BCUT2D eigenvalue weighted by Crippen LogP contribution is 2.30. The Morgan fingerprint density at radius 1 is 1.03 bits per heavy atom. The minimum Gasteiger partial charge on any atom is -0.494 e. The number of rotatable bonds is 10. The molecule has 2 amide bonds. The molecule has 2 atom stereocenters. The first-order chi connectivity index (χ1) is 17.2. The second-order valence-electron chi connectivity index (χ2n) is 8.77. The fraction of sp³-hybridized carbons (Fsp3) is 0.259. The van der Waals surface area contributed by atoms with Gasteiger partial charge in [0.2, 0.25) is 17.7 Å². The van der Waals surface area contributed by atoms with E-state index in [0.29, 0.717) is 5.56 Å². The summed E-state index contributed by atoms with van der Waals surface area (Å²) >= 11 is 0. The minimum absolute atomic E-state index is 0.0744. The number of amides is 2. The van der Waals surface area contributed by atoms with E-state index in [1.54, 1.807) is 44.4 Å². The van der Waals surface area contributed by atoms with Crippen LogP contribution >= 0.6 is 0 Å². The number of carbonyl (C=O) groups excluding carboxylic acids is 3. The predicted octanol–water partition coefficient (Wildman–Crippen LogP) is 3.41. The van der Waals surface area contributed by atoms with Crippen molar-refractivity contribution < 1.29 is 24.6 Å². The zero-order valence-electron chi connectivity index (χ0n) is 20.4. The lowest BCUT2D eigenvalue weighted by atomic mass is 9.93. The number of nitrogens with zero attached hydrogens (tertiary/aromatic N) is 1. The molecule has 9 nitrogen and oxygen atoms in total. The Morgan fingerprint density at radius 2 is 1.75 bits per heavy atom. The van der Waals surface area contributed by atoms with Crippen LogP contribution in [0.2, 0.25) is 0 Å². The molecule has 0 saturated heterocycles. The van der Waals surface area contributed by atoms with Gasteiger partial charge in [0, 0.05) is 24.0 Å². The van der Waals surface area contributed by atoms with E-state index in [1.165, 1.54) is 13.0 Å². The Bertz CT molecular complexity index is 1240. The van der Waals surface area contributed by atoms with Crippen LogP contribution in [0.5, 0.6) is 11.8 Å². The number of aromatic nitrogens is 2. The maximum atomic E-state index is 13.1. The van der Waals surface area contributed by atoms with Gasteiger partial charge in [-0.25, -0.2) is 0 Å². The van der Waals surface area contributed by atoms with Gasteiger partial charge in [-0.3, -0.25) is 24.4 Å². The van der Waals surface area contributed by atoms with Crippen LogP contribution in [0, 0.1) is 12.8 Å². The molecule has 1 aromatic carbocycles. The second-order valence-corrected chi connectivity index (χ2v) is 8.77. The van der Waals surface area contributed by atoms with E-state index in [-0.39, 0.29) is 35.3 Å². The molecule has 0 fully saturated rings. The lowest BCUT2D eigenvalue weighted by molar-refractivity contribution is -0.123. The molecule has 0 spiro atoms. The van der Waals surface area contributed by atoms with Gasteiger partial charge in [-0.1, -0.05) is 50.2 Å². The molecule has 0 saturated carbocycles. The number of H-pyrrole nitrogens is 1. The lowest BCUT2D eigenvalue weighted by Gasteiger charge is -2.23. The number of nitrogens with one attached hydrogen (secondary N) is 3. The molecule has 3 rings (SSSR count). The number of hydrogen-bond donors (Lipinski definition) is 5. The monoisotopic (exact) mass is 490 g/mol. The van der Waals surface area contributed by atoms with Crippen molar-refractivity contribution in [3.8, 4) is 11.8 Å². The molecule has 2 aromatic heterocycles. The van der Waals surface area contributed by atoms with Crippen molar-refractivity contribution in [2.24, 2.45) is 5.92 Å². The molecule has 188 valence electrons. The smallest absolute Gasteiger partial charge is 0.244 e. The Morgan fingerprint density at radius 3 is 2.33 bits per heavy atom. The molecule has 1 unspecified atom stereocenters. The molecule has 9 heteroatoms. The molecule has 0 aliphatic rings. The first-order valence-electron chi connectivity index (χ1n) is 11.5. The highest BCUT2D eigenvalue weighted by atomic mass is 16.3. The van der Waals surface area contributed by atoms with Crippen LogP contribution in [-0.4, -0.2) is 43.8 Å². The Hall–Kier alpha value is -4.40. The number of benzene rings is 1. The summed E-state index contributed by atoms with van der Waals surface area (Å²) in [5.74, 6) is -2.47. The fourth-order valence-corrected chi connectivity index (χ4v) is 3.76. The Labute approximate surface area is 209 Å². The first kappa shape index (κ1) is 26.2. The van der Waals surface area contributed by atoms with Gasteiger partial charge in [-0.05, 0) is 36.1 Å². The molecule has 3 aromatic rings. The lowest BCUT2D eigenvalue weighted by Crippen LogP contribution is -2.45. The van der Waals surface area contributed by atoms with Gasteiger partial charge >= 0.3 is 0 Å². The second kappa shape index (κ2) is 11.8. The van der Waals surface area contributed by atoms with Crippen molar-refractivity contribution in [1.82, 2.24) is 20.6 Å². The van der Waals surface area contributed by atoms with Crippen molar-refractivity contribution in [2.45, 2.75) is 39.3 Å². The fourth-order valence-electron chi connectivity index (χ4n) is 3.76. The largest absolute Gasteiger partial charge is 0.494 e. The molecular formula is C27H30N4O5. The van der Waals surface area contributed by atoms with E-state index in [4.69, 9.17) is 0 Å². The molecular weight excluding hydrogens is 460 g/mol. The number of aromatic amines is 1. The van der Waals surface area contributed by atoms with Crippen molar-refractivity contribution in [3.63, 3.8) is 0 Å². The van der Waals surface area contributed by atoms with Gasteiger partial charge in [0.05, 0.1) is 24.1 Å². The summed E-state index contributed by atoms with van der Waals surface area (Å²) in [6, 6.07) is 11.1. The van der Waals surface area contributed by atoms with Crippen LogP contribution in [0.3, 0.4) is 0 Å². The van der Waals surface area contributed by atoms with E-state index in [0.717, 1.165) is 5.56 Å². The van der Waals surface area contributed by atoms with Crippen molar-refractivity contribution in [3.05, 3.63) is 83.2 Å². The highest BCUT2D eigenvalue weighted by Gasteiger charge is 2.31. The van der Waals surface area contributed by atoms with Gasteiger partial charge in [-0.2, -0.15) is 0 Å². The van der Waals surface area contributed by atoms with E-state index in [2.05, 4.69) is 20.6 Å². The van der Waals surface area contributed by atoms with Crippen LogP contribution in [0.15, 0.2) is 60.9 Å². The number of Topliss-reactive ketones (excluding diaryl/α,β-unsaturated/α-hetero) is 1. The Balaban J connectivity index is 1.75. The zero-order chi connectivity index (χ0) is 26.2. The van der Waals surface area contributed by atoms with Crippen LogP contribution < -0.4 is 10.6 Å². The third-order valence-electron chi connectivity index (χ3n) is 5.74. The minimum atomic E-state index is -0.958. The number of carbonyl (C=O) groups is 3. The summed E-state index contributed by atoms with van der Waals surface area (Å²) in [4.78, 5) is 45.2. The maximum absolute atomic E-state index is 13.1. The van der Waals surface area contributed by atoms with Gasteiger partial charge in [-0.15, -0.1) is 0 Å². The SMILES string of the molecule is Cc1c(O)[nH]c(O)c1C(=O)[C@@H](NC(=O)CC(NC(=O)C=Cc1ccccc1)c1cccnc1)C(C)C. The van der Waals surface area contributed by atoms with Crippen molar-refractivity contribution >= 4 is 23.7 Å². The summed E-state index contributed by atoms with van der Waals surface area (Å²) < 4.78 is 0. The number of ketones is 1. The van der Waals surface area contributed by atoms with Gasteiger partial charge in [0.15, 0.2) is 11.7 Å². The molecule has 0 bridgehead atoms. The van der Waals surface area contributed by atoms with Crippen molar-refractivity contribution in [2.75, 3.05) is 0 Å². The predicted molar refractivity (Wildman–Crippen MR) is 135 cm³/mol. The molecule has 0 aliphatic carbocycles. The zero-order valence-corrected chi connectivity index (χ0v) is 20.4. The number of pyridine rings is 1. The first-order valence-corrected chi connectivity index (χ1v) is 11.5. The average Bonchev–Trinajstić information content (AvgIpc) is 3.12. The topological polar surface area (TPSA) is 144 Å². The number of aromatic hydroxyl groups is 2. The summed E-state index contributed by atoms with van der Waals surface area (Å²) in [5.41, 5.74) is 1.61. The maximum Gasteiger partial charge on any atom is 0.244 e. The summed E-state index contributed by atoms with van der Waals surface area (Å²) in [5, 5.41) is 25.4. The summed E-state index contributed by atoms with van der Waals surface area (Å²) in [6.07, 6.45) is 6.07. The van der Waals surface area contributed by atoms with Gasteiger partial charge < -0.3 is 20.8 Å². The molecule has 36 heavy (non-hydrogen) atoms. The standard InChI is InChI=1S/C27H30N4O5/c1-16(2)24(25(34)23-17(3)26(35)31-27(23)36)30-22(33)14-20(19-10-7-13-28-15-19)29-21(32)12-11-18-8-5-4-6-9-18/h4-13,15-16,20,24,31,35-36H,14H2,1-3H3,(H,29,32)(H,30,33)/t20?,24-/m0/s1. The molecule has 0 radical (unpaired) electrons.